The van der Waals surface area contributed by atoms with Crippen LogP contribution in [0.2, 0.25) is 0 Å². The van der Waals surface area contributed by atoms with E-state index in [1.807, 2.05) is 12.2 Å². The summed E-state index contributed by atoms with van der Waals surface area (Å²) in [6.45, 7) is 6.56. The highest BCUT2D eigenvalue weighted by Gasteiger charge is 1.91. The molecule has 0 unspecified atom stereocenters. The predicted octanol–water partition coefficient (Wildman–Crippen LogP) is 3.31. The number of aryl methyl sites for hydroxylation is 1. The van der Waals surface area contributed by atoms with E-state index in [1.165, 1.54) is 10.5 Å². The molecule has 0 aliphatic carbocycles. The Balaban J connectivity index is 2.23. The van der Waals surface area contributed by atoms with Gasteiger partial charge in [0, 0.05) is 11.4 Å². The topological polar surface area (TPSA) is 21.3 Å². The first-order valence-electron chi connectivity index (χ1n) is 5.08. The summed E-state index contributed by atoms with van der Waals surface area (Å²) >= 11 is 1.62. The molecule has 1 rings (SSSR count). The normalized spacial score (nSPS) is 10.6. The second kappa shape index (κ2) is 7.14. The fourth-order valence-electron chi connectivity index (χ4n) is 1.04. The van der Waals surface area contributed by atoms with Crippen molar-refractivity contribution >= 4 is 11.9 Å². The van der Waals surface area contributed by atoms with E-state index < -0.39 is 0 Å². The summed E-state index contributed by atoms with van der Waals surface area (Å²) in [5, 5.41) is 0. The van der Waals surface area contributed by atoms with Gasteiger partial charge in [0.05, 0.1) is 7.11 Å². The molecule has 0 spiro atoms. The molecule has 0 aromatic heterocycles. The van der Waals surface area contributed by atoms with E-state index in [4.69, 9.17) is 4.74 Å². The van der Waals surface area contributed by atoms with Crippen LogP contribution in [-0.2, 0) is 4.74 Å². The van der Waals surface area contributed by atoms with Gasteiger partial charge in [-0.1, -0.05) is 30.4 Å². The lowest BCUT2D eigenvalue weighted by molar-refractivity contribution is 0.308. The average molecular weight is 235 g/mol. The maximum absolute atomic E-state index is 4.91. The quantitative estimate of drug-likeness (QED) is 0.354. The number of allylic oxidation sites excluding steroid dienone is 1. The van der Waals surface area contributed by atoms with Gasteiger partial charge in [0.1, 0.15) is 5.76 Å². The van der Waals surface area contributed by atoms with Gasteiger partial charge in [-0.15, -0.1) is 0 Å². The largest absolute Gasteiger partial charge is 0.497 e. The van der Waals surface area contributed by atoms with Crippen molar-refractivity contribution in [2.45, 2.75) is 11.8 Å². The molecule has 2 nitrogen and oxygen atoms in total. The third kappa shape index (κ3) is 5.05. The average Bonchev–Trinajstić information content (AvgIpc) is 2.31. The van der Waals surface area contributed by atoms with Crippen LogP contribution in [0.5, 0.6) is 0 Å². The monoisotopic (exact) mass is 235 g/mol. The van der Waals surface area contributed by atoms with Gasteiger partial charge in [-0.2, -0.15) is 0 Å². The van der Waals surface area contributed by atoms with Gasteiger partial charge in [-0.05, 0) is 37.1 Å². The molecule has 1 N–H and O–H groups in total. The van der Waals surface area contributed by atoms with Crippen LogP contribution in [0.1, 0.15) is 5.56 Å². The van der Waals surface area contributed by atoms with Gasteiger partial charge >= 0.3 is 0 Å². The van der Waals surface area contributed by atoms with Gasteiger partial charge in [-0.3, -0.25) is 4.72 Å². The Bertz CT molecular complexity index is 357. The number of hydrogen-bond acceptors (Lipinski definition) is 3. The van der Waals surface area contributed by atoms with Crippen LogP contribution < -0.4 is 4.72 Å². The number of methoxy groups -OCH3 is 1. The van der Waals surface area contributed by atoms with Crippen molar-refractivity contribution in [2.75, 3.05) is 13.7 Å². The van der Waals surface area contributed by atoms with Crippen LogP contribution in [0.15, 0.2) is 53.7 Å². The van der Waals surface area contributed by atoms with E-state index in [2.05, 4.69) is 42.5 Å². The first-order chi connectivity index (χ1) is 7.72. The van der Waals surface area contributed by atoms with E-state index in [0.717, 1.165) is 6.54 Å². The van der Waals surface area contributed by atoms with Gasteiger partial charge in [-0.25, -0.2) is 0 Å². The molecule has 1 aromatic carbocycles. The Labute approximate surface area is 102 Å². The first kappa shape index (κ1) is 12.9. The molecule has 0 amide bonds. The van der Waals surface area contributed by atoms with Crippen molar-refractivity contribution in [1.82, 2.24) is 4.72 Å². The Hall–Kier alpha value is -1.19. The zero-order valence-electron chi connectivity index (χ0n) is 9.69. The smallest absolute Gasteiger partial charge is 0.111 e. The minimum atomic E-state index is 0.669. The van der Waals surface area contributed by atoms with E-state index in [9.17, 15) is 0 Å². The lowest BCUT2D eigenvalue weighted by Gasteiger charge is -2.01. The Morgan fingerprint density at radius 2 is 2.12 bits per heavy atom. The van der Waals surface area contributed by atoms with Crippen LogP contribution in [0.25, 0.3) is 0 Å². The Kier molecular flexibility index (Phi) is 5.75. The molecule has 0 heterocycles. The zero-order valence-corrected chi connectivity index (χ0v) is 10.5. The molecule has 86 valence electrons. The van der Waals surface area contributed by atoms with E-state index in [-0.39, 0.29) is 0 Å². The SMILES string of the molecule is C=C(/C=C/CNSc1ccc(C)cc1)OC. The molecule has 1 aromatic rings. The van der Waals surface area contributed by atoms with E-state index >= 15 is 0 Å². The number of ether oxygens (including phenoxy) is 1. The molecule has 16 heavy (non-hydrogen) atoms. The lowest BCUT2D eigenvalue weighted by atomic mass is 10.2. The fraction of sp³-hybridized carbons (Fsp3) is 0.231. The molecular weight excluding hydrogens is 218 g/mol. The molecular formula is C13H17NOS. The molecule has 0 aliphatic heterocycles. The van der Waals surface area contributed by atoms with Crippen molar-refractivity contribution in [2.24, 2.45) is 0 Å². The van der Waals surface area contributed by atoms with Gasteiger partial charge in [0.2, 0.25) is 0 Å². The fourth-order valence-corrected chi connectivity index (χ4v) is 1.66. The summed E-state index contributed by atoms with van der Waals surface area (Å²) in [6.07, 6.45) is 3.83. The molecule has 0 saturated heterocycles. The molecule has 0 saturated carbocycles. The van der Waals surface area contributed by atoms with E-state index in [0.29, 0.717) is 5.76 Å². The number of benzene rings is 1. The highest BCUT2D eigenvalue weighted by Crippen LogP contribution is 2.14. The van der Waals surface area contributed by atoms with Crippen LogP contribution in [-0.4, -0.2) is 13.7 Å². The second-order valence-electron chi connectivity index (χ2n) is 3.34. The minimum absolute atomic E-state index is 0.669. The highest BCUT2D eigenvalue weighted by molar-refractivity contribution is 7.97. The zero-order chi connectivity index (χ0) is 11.8. The molecule has 0 radical (unpaired) electrons. The number of rotatable bonds is 6. The molecule has 0 aliphatic rings. The predicted molar refractivity (Wildman–Crippen MR) is 70.3 cm³/mol. The summed E-state index contributed by atoms with van der Waals surface area (Å²) in [5.74, 6) is 0.669. The first-order valence-corrected chi connectivity index (χ1v) is 5.90. The third-order valence-corrected chi connectivity index (χ3v) is 2.80. The van der Waals surface area contributed by atoms with Crippen molar-refractivity contribution in [3.63, 3.8) is 0 Å². The summed E-state index contributed by atoms with van der Waals surface area (Å²) in [5.41, 5.74) is 1.28. The molecule has 0 fully saturated rings. The maximum atomic E-state index is 4.91. The standard InChI is InChI=1S/C13H17NOS/c1-11-6-8-13(9-7-11)16-14-10-4-5-12(2)15-3/h4-9,14H,2,10H2,1,3H3/b5-4+. The molecule has 0 atom stereocenters. The summed E-state index contributed by atoms with van der Waals surface area (Å²) in [4.78, 5) is 1.21. The van der Waals surface area contributed by atoms with Crippen LogP contribution in [0.3, 0.4) is 0 Å². The van der Waals surface area contributed by atoms with E-state index in [1.54, 1.807) is 19.1 Å². The minimum Gasteiger partial charge on any atom is -0.497 e. The Morgan fingerprint density at radius 1 is 1.44 bits per heavy atom. The van der Waals surface area contributed by atoms with Gasteiger partial charge in [0.15, 0.2) is 0 Å². The summed E-state index contributed by atoms with van der Waals surface area (Å²) in [7, 11) is 1.61. The van der Waals surface area contributed by atoms with Crippen molar-refractivity contribution in [3.8, 4) is 0 Å². The summed E-state index contributed by atoms with van der Waals surface area (Å²) < 4.78 is 8.15. The number of nitrogens with one attached hydrogen (secondary N) is 1. The lowest BCUT2D eigenvalue weighted by Crippen LogP contribution is -2.01. The number of hydrogen-bond donors (Lipinski definition) is 1. The van der Waals surface area contributed by atoms with Crippen LogP contribution >= 0.6 is 11.9 Å². The van der Waals surface area contributed by atoms with Crippen molar-refractivity contribution in [3.05, 3.63) is 54.3 Å². The van der Waals surface area contributed by atoms with Crippen LogP contribution in [0.4, 0.5) is 0 Å². The van der Waals surface area contributed by atoms with Crippen LogP contribution in [0, 0.1) is 6.92 Å². The molecule has 3 heteroatoms. The van der Waals surface area contributed by atoms with Gasteiger partial charge in [0.25, 0.3) is 0 Å². The molecule has 0 bridgehead atoms. The van der Waals surface area contributed by atoms with Gasteiger partial charge < -0.3 is 4.74 Å². The second-order valence-corrected chi connectivity index (χ2v) is 4.30. The summed E-state index contributed by atoms with van der Waals surface area (Å²) in [6, 6.07) is 8.41. The van der Waals surface area contributed by atoms with Crippen molar-refractivity contribution in [1.29, 1.82) is 0 Å². The maximum Gasteiger partial charge on any atom is 0.111 e. The Morgan fingerprint density at radius 3 is 2.75 bits per heavy atom. The van der Waals surface area contributed by atoms with Crippen molar-refractivity contribution < 1.29 is 4.74 Å². The highest BCUT2D eigenvalue weighted by atomic mass is 32.2. The third-order valence-electron chi connectivity index (χ3n) is 1.98.